The molecule has 0 aliphatic carbocycles. The molecular formula is C27H29NO4. The van der Waals surface area contributed by atoms with Crippen LogP contribution in [0.15, 0.2) is 66.7 Å². The van der Waals surface area contributed by atoms with E-state index < -0.39 is 29.7 Å². The molecule has 0 radical (unpaired) electrons. The summed E-state index contributed by atoms with van der Waals surface area (Å²) in [6.07, 6.45) is -1.46. The zero-order valence-electron chi connectivity index (χ0n) is 18.9. The van der Waals surface area contributed by atoms with Gasteiger partial charge in [-0.05, 0) is 40.8 Å². The number of Topliss-reactive ketones (excluding diaryl/α,β-unsaturated/α-hetero) is 1. The number of fused-ring (bicyclic) bond motifs is 2. The van der Waals surface area contributed by atoms with Gasteiger partial charge in [0.15, 0.2) is 5.78 Å². The van der Waals surface area contributed by atoms with Crippen molar-refractivity contribution in [2.75, 3.05) is 0 Å². The maximum Gasteiger partial charge on any atom is 0.408 e. The van der Waals surface area contributed by atoms with Gasteiger partial charge in [-0.25, -0.2) is 4.79 Å². The van der Waals surface area contributed by atoms with Crippen molar-refractivity contribution < 1.29 is 19.4 Å². The normalized spacial score (nSPS) is 17.9. The number of ether oxygens (including phenoxy) is 1. The number of para-hydroxylation sites is 1. The molecule has 0 fully saturated rings. The molecule has 4 rings (SSSR count). The zero-order valence-corrected chi connectivity index (χ0v) is 18.9. The lowest BCUT2D eigenvalue weighted by Gasteiger charge is -2.46. The van der Waals surface area contributed by atoms with Gasteiger partial charge in [-0.15, -0.1) is 0 Å². The molecule has 3 atom stereocenters. The maximum atomic E-state index is 12.9. The number of carbonyl (C=O) groups is 2. The second-order valence-corrected chi connectivity index (χ2v) is 9.52. The third-order valence-corrected chi connectivity index (χ3v) is 6.30. The molecule has 1 aliphatic rings. The van der Waals surface area contributed by atoms with Gasteiger partial charge >= 0.3 is 6.09 Å². The highest BCUT2D eigenvalue weighted by Crippen LogP contribution is 2.40. The van der Waals surface area contributed by atoms with Gasteiger partial charge in [-0.3, -0.25) is 9.69 Å². The fourth-order valence-corrected chi connectivity index (χ4v) is 4.92. The van der Waals surface area contributed by atoms with Gasteiger partial charge in [0, 0.05) is 0 Å². The number of carbonyl (C=O) groups excluding carboxylic acids is 1. The Morgan fingerprint density at radius 3 is 2.41 bits per heavy atom. The van der Waals surface area contributed by atoms with Gasteiger partial charge in [0.05, 0.1) is 24.1 Å². The molecule has 0 aromatic heterocycles. The summed E-state index contributed by atoms with van der Waals surface area (Å²) >= 11 is 0. The van der Waals surface area contributed by atoms with E-state index in [1.807, 2.05) is 82.3 Å². The first-order valence-electron chi connectivity index (χ1n) is 11.0. The second-order valence-electron chi connectivity index (χ2n) is 9.52. The average Bonchev–Trinajstić information content (AvgIpc) is 2.75. The Hall–Kier alpha value is -3.34. The van der Waals surface area contributed by atoms with E-state index in [1.165, 1.54) is 4.90 Å². The third-order valence-electron chi connectivity index (χ3n) is 6.30. The van der Waals surface area contributed by atoms with Gasteiger partial charge in [0.25, 0.3) is 0 Å². The fraction of sp³-hybridized carbons (Fsp3) is 0.333. The number of benzene rings is 3. The number of rotatable bonds is 4. The van der Waals surface area contributed by atoms with Crippen molar-refractivity contribution >= 4 is 22.6 Å². The van der Waals surface area contributed by atoms with Crippen LogP contribution in [0.25, 0.3) is 10.8 Å². The predicted octanol–water partition coefficient (Wildman–Crippen LogP) is 6.33. The Balaban J connectivity index is 1.79. The van der Waals surface area contributed by atoms with Crippen LogP contribution in [-0.4, -0.2) is 34.0 Å². The van der Waals surface area contributed by atoms with E-state index in [2.05, 4.69) is 0 Å². The molecule has 1 unspecified atom stereocenters. The van der Waals surface area contributed by atoms with Crippen LogP contribution in [0, 0.1) is 5.41 Å². The van der Waals surface area contributed by atoms with Crippen LogP contribution in [0.3, 0.4) is 0 Å². The summed E-state index contributed by atoms with van der Waals surface area (Å²) in [7, 11) is 0. The molecular weight excluding hydrogens is 402 g/mol. The standard InChI is InChI=1S/C27H29NO4/c1-17(19-14-9-11-18-10-5-6-12-20(18)19)28(26(30)31)25(27(2,3)4)24-16-22(29)21-13-7-8-15-23(21)32-24/h5-15,17,24-25H,16H2,1-4H3,(H,30,31)/t17-,24-,25?/m1/s1. The summed E-state index contributed by atoms with van der Waals surface area (Å²) in [5.74, 6) is 0.500. The molecule has 0 spiro atoms. The highest BCUT2D eigenvalue weighted by molar-refractivity contribution is 6.00. The Labute approximate surface area is 188 Å². The lowest BCUT2D eigenvalue weighted by molar-refractivity contribution is -0.0127. The van der Waals surface area contributed by atoms with Gasteiger partial charge in [-0.1, -0.05) is 75.4 Å². The summed E-state index contributed by atoms with van der Waals surface area (Å²) in [6.45, 7) is 7.90. The van der Waals surface area contributed by atoms with Crippen molar-refractivity contribution in [1.82, 2.24) is 4.90 Å². The molecule has 5 heteroatoms. The topological polar surface area (TPSA) is 66.8 Å². The van der Waals surface area contributed by atoms with Crippen LogP contribution in [-0.2, 0) is 0 Å². The van der Waals surface area contributed by atoms with Gasteiger partial charge in [-0.2, -0.15) is 0 Å². The summed E-state index contributed by atoms with van der Waals surface area (Å²) in [4.78, 5) is 27.1. The first-order valence-corrected chi connectivity index (χ1v) is 11.0. The monoisotopic (exact) mass is 431 g/mol. The number of amides is 1. The number of nitrogens with zero attached hydrogens (tertiary/aromatic N) is 1. The van der Waals surface area contributed by atoms with E-state index in [1.54, 1.807) is 12.1 Å². The van der Waals surface area contributed by atoms with Crippen LogP contribution in [0.4, 0.5) is 4.79 Å². The molecule has 0 saturated heterocycles. The van der Waals surface area contributed by atoms with E-state index in [4.69, 9.17) is 4.74 Å². The Kier molecular flexibility index (Phi) is 5.68. The van der Waals surface area contributed by atoms with Crippen LogP contribution in [0.2, 0.25) is 0 Å². The second kappa shape index (κ2) is 8.30. The minimum Gasteiger partial charge on any atom is -0.487 e. The van der Waals surface area contributed by atoms with Crippen LogP contribution < -0.4 is 4.74 Å². The Bertz CT molecular complexity index is 1160. The SMILES string of the molecule is C[C@H](c1cccc2ccccc12)N(C(=O)O)C([C@H]1CC(=O)c2ccccc2O1)C(C)(C)C. The number of hydrogen-bond donors (Lipinski definition) is 1. The Morgan fingerprint density at radius 2 is 1.69 bits per heavy atom. The van der Waals surface area contributed by atoms with Crippen molar-refractivity contribution in [1.29, 1.82) is 0 Å². The van der Waals surface area contributed by atoms with Gasteiger partial charge < -0.3 is 9.84 Å². The van der Waals surface area contributed by atoms with Crippen LogP contribution in [0.1, 0.15) is 56.1 Å². The highest BCUT2D eigenvalue weighted by Gasteiger charge is 2.45. The molecule has 1 aliphatic heterocycles. The molecule has 32 heavy (non-hydrogen) atoms. The average molecular weight is 432 g/mol. The predicted molar refractivity (Wildman–Crippen MR) is 125 cm³/mol. The minimum absolute atomic E-state index is 0.0192. The van der Waals surface area contributed by atoms with E-state index >= 15 is 0 Å². The molecule has 1 amide bonds. The zero-order chi connectivity index (χ0) is 23.0. The number of carboxylic acid groups (broad SMARTS) is 1. The van der Waals surface area contributed by atoms with Crippen LogP contribution >= 0.6 is 0 Å². The van der Waals surface area contributed by atoms with Crippen molar-refractivity contribution in [2.45, 2.75) is 52.3 Å². The molecule has 5 nitrogen and oxygen atoms in total. The Morgan fingerprint density at radius 1 is 1.03 bits per heavy atom. The summed E-state index contributed by atoms with van der Waals surface area (Å²) < 4.78 is 6.27. The molecule has 3 aromatic carbocycles. The lowest BCUT2D eigenvalue weighted by atomic mass is 9.78. The first kappa shape index (κ1) is 21.9. The summed E-state index contributed by atoms with van der Waals surface area (Å²) in [5, 5.41) is 12.5. The van der Waals surface area contributed by atoms with E-state index in [-0.39, 0.29) is 12.2 Å². The quantitative estimate of drug-likeness (QED) is 0.524. The van der Waals surface area contributed by atoms with Gasteiger partial charge in [0.1, 0.15) is 11.9 Å². The van der Waals surface area contributed by atoms with Crippen LogP contribution in [0.5, 0.6) is 5.75 Å². The van der Waals surface area contributed by atoms with Crippen molar-refractivity contribution in [3.63, 3.8) is 0 Å². The smallest absolute Gasteiger partial charge is 0.408 e. The first-order chi connectivity index (χ1) is 15.2. The molecule has 1 heterocycles. The molecule has 166 valence electrons. The summed E-state index contributed by atoms with van der Waals surface area (Å²) in [5.41, 5.74) is 1.02. The molecule has 0 bridgehead atoms. The summed E-state index contributed by atoms with van der Waals surface area (Å²) in [6, 6.07) is 20.1. The van der Waals surface area contributed by atoms with Gasteiger partial charge in [0.2, 0.25) is 0 Å². The van der Waals surface area contributed by atoms with E-state index in [0.717, 1.165) is 16.3 Å². The molecule has 1 N–H and O–H groups in total. The fourth-order valence-electron chi connectivity index (χ4n) is 4.92. The van der Waals surface area contributed by atoms with E-state index in [9.17, 15) is 14.7 Å². The maximum absolute atomic E-state index is 12.9. The largest absolute Gasteiger partial charge is 0.487 e. The van der Waals surface area contributed by atoms with E-state index in [0.29, 0.717) is 11.3 Å². The lowest BCUT2D eigenvalue weighted by Crippen LogP contribution is -2.57. The highest BCUT2D eigenvalue weighted by atomic mass is 16.5. The van der Waals surface area contributed by atoms with Crippen molar-refractivity contribution in [3.8, 4) is 5.75 Å². The molecule has 3 aromatic rings. The minimum atomic E-state index is -1.03. The third kappa shape index (κ3) is 3.95. The number of hydrogen-bond acceptors (Lipinski definition) is 3. The molecule has 0 saturated carbocycles. The van der Waals surface area contributed by atoms with Crippen molar-refractivity contribution in [3.05, 3.63) is 77.9 Å². The number of ketones is 1. The van der Waals surface area contributed by atoms with Crippen molar-refractivity contribution in [2.24, 2.45) is 5.41 Å².